The van der Waals surface area contributed by atoms with Crippen molar-refractivity contribution in [2.45, 2.75) is 25.9 Å². The SMILES string of the molecule is O=C(NCCCCNCc1nc2ccccc2[nH]1)NCc1ncccc1F. The number of fused-ring (bicyclic) bond motifs is 1. The molecule has 0 atom stereocenters. The lowest BCUT2D eigenvalue weighted by Gasteiger charge is -2.08. The number of nitrogens with zero attached hydrogens (tertiary/aromatic N) is 2. The van der Waals surface area contributed by atoms with Crippen LogP contribution in [0.2, 0.25) is 0 Å². The number of H-pyrrole nitrogens is 1. The summed E-state index contributed by atoms with van der Waals surface area (Å²) in [5.41, 5.74) is 2.23. The zero-order chi connectivity index (χ0) is 18.9. The molecule has 3 aromatic rings. The molecule has 2 heterocycles. The fraction of sp³-hybridized carbons (Fsp3) is 0.316. The highest BCUT2D eigenvalue weighted by Gasteiger charge is 2.05. The first-order chi connectivity index (χ1) is 13.2. The summed E-state index contributed by atoms with van der Waals surface area (Å²) in [7, 11) is 0. The summed E-state index contributed by atoms with van der Waals surface area (Å²) < 4.78 is 13.4. The van der Waals surface area contributed by atoms with Gasteiger partial charge in [-0.2, -0.15) is 0 Å². The molecule has 0 saturated carbocycles. The highest BCUT2D eigenvalue weighted by Crippen LogP contribution is 2.09. The zero-order valence-electron chi connectivity index (χ0n) is 15.0. The third kappa shape index (κ3) is 5.75. The second-order valence-corrected chi connectivity index (χ2v) is 6.13. The summed E-state index contributed by atoms with van der Waals surface area (Å²) in [5, 5.41) is 8.68. The molecule has 0 aliphatic rings. The van der Waals surface area contributed by atoms with Crippen LogP contribution >= 0.6 is 0 Å². The van der Waals surface area contributed by atoms with Crippen molar-refractivity contribution in [3.05, 3.63) is 59.9 Å². The van der Waals surface area contributed by atoms with Crippen molar-refractivity contribution in [1.29, 1.82) is 0 Å². The number of carbonyl (C=O) groups excluding carboxylic acids is 1. The molecule has 0 bridgehead atoms. The molecule has 0 spiro atoms. The summed E-state index contributed by atoms with van der Waals surface area (Å²) >= 11 is 0. The molecule has 8 heteroatoms. The van der Waals surface area contributed by atoms with Gasteiger partial charge >= 0.3 is 6.03 Å². The standard InChI is InChI=1S/C19H23FN6O/c20-14-6-5-11-22-17(14)12-24-19(27)23-10-4-3-9-21-13-18-25-15-7-1-2-8-16(15)26-18/h1-2,5-8,11,21H,3-4,9-10,12-13H2,(H,25,26)(H2,23,24,27). The molecule has 0 saturated heterocycles. The van der Waals surface area contributed by atoms with E-state index in [2.05, 4.69) is 30.9 Å². The van der Waals surface area contributed by atoms with E-state index in [1.807, 2.05) is 24.3 Å². The lowest BCUT2D eigenvalue weighted by atomic mass is 10.3. The van der Waals surface area contributed by atoms with Crippen LogP contribution in [0, 0.1) is 5.82 Å². The molecule has 0 fully saturated rings. The Balaban J connectivity index is 1.24. The van der Waals surface area contributed by atoms with Gasteiger partial charge in [0.2, 0.25) is 0 Å². The lowest BCUT2D eigenvalue weighted by Crippen LogP contribution is -2.36. The van der Waals surface area contributed by atoms with Crippen LogP contribution in [-0.4, -0.2) is 34.1 Å². The number of halogens is 1. The molecule has 4 N–H and O–H groups in total. The number of carbonyl (C=O) groups is 1. The Hall–Kier alpha value is -3.00. The number of rotatable bonds is 9. The third-order valence-electron chi connectivity index (χ3n) is 4.05. The Kier molecular flexibility index (Phi) is 6.70. The summed E-state index contributed by atoms with van der Waals surface area (Å²) in [4.78, 5) is 23.4. The number of hydrogen-bond donors (Lipinski definition) is 4. The van der Waals surface area contributed by atoms with Gasteiger partial charge in [-0.3, -0.25) is 4.98 Å². The van der Waals surface area contributed by atoms with Crippen LogP contribution < -0.4 is 16.0 Å². The van der Waals surface area contributed by atoms with Gasteiger partial charge in [0.1, 0.15) is 11.6 Å². The molecule has 0 unspecified atom stereocenters. The second-order valence-electron chi connectivity index (χ2n) is 6.13. The monoisotopic (exact) mass is 370 g/mol. The van der Waals surface area contributed by atoms with Crippen LogP contribution in [-0.2, 0) is 13.1 Å². The molecule has 142 valence electrons. The molecule has 2 amide bonds. The van der Waals surface area contributed by atoms with E-state index >= 15 is 0 Å². The normalized spacial score (nSPS) is 10.9. The number of imidazole rings is 1. The van der Waals surface area contributed by atoms with Gasteiger partial charge < -0.3 is 20.9 Å². The molecular formula is C19H23FN6O. The first kappa shape index (κ1) is 18.8. The first-order valence-electron chi connectivity index (χ1n) is 8.98. The fourth-order valence-corrected chi connectivity index (χ4v) is 2.65. The lowest BCUT2D eigenvalue weighted by molar-refractivity contribution is 0.240. The van der Waals surface area contributed by atoms with Gasteiger partial charge in [-0.05, 0) is 43.7 Å². The second kappa shape index (κ2) is 9.63. The number of hydrogen-bond acceptors (Lipinski definition) is 4. The molecule has 1 aromatic carbocycles. The topological polar surface area (TPSA) is 94.7 Å². The summed E-state index contributed by atoms with van der Waals surface area (Å²) in [6.07, 6.45) is 3.27. The average Bonchev–Trinajstić information content (AvgIpc) is 3.09. The number of amides is 2. The van der Waals surface area contributed by atoms with Crippen molar-refractivity contribution in [3.63, 3.8) is 0 Å². The van der Waals surface area contributed by atoms with Crippen molar-refractivity contribution in [1.82, 2.24) is 30.9 Å². The Morgan fingerprint density at radius 3 is 2.74 bits per heavy atom. The minimum absolute atomic E-state index is 0.0670. The van der Waals surface area contributed by atoms with Gasteiger partial charge in [-0.1, -0.05) is 12.1 Å². The number of nitrogens with one attached hydrogen (secondary N) is 4. The largest absolute Gasteiger partial charge is 0.341 e. The fourth-order valence-electron chi connectivity index (χ4n) is 2.65. The average molecular weight is 370 g/mol. The number of aromatic amines is 1. The molecular weight excluding hydrogens is 347 g/mol. The third-order valence-corrected chi connectivity index (χ3v) is 4.05. The van der Waals surface area contributed by atoms with Crippen LogP contribution in [0.1, 0.15) is 24.4 Å². The number of para-hydroxylation sites is 2. The first-order valence-corrected chi connectivity index (χ1v) is 8.98. The van der Waals surface area contributed by atoms with Crippen molar-refractivity contribution in [2.75, 3.05) is 13.1 Å². The molecule has 27 heavy (non-hydrogen) atoms. The van der Waals surface area contributed by atoms with E-state index < -0.39 is 5.82 Å². The van der Waals surface area contributed by atoms with Gasteiger partial charge in [0.25, 0.3) is 0 Å². The number of unbranched alkanes of at least 4 members (excludes halogenated alkanes) is 1. The molecule has 0 aliphatic carbocycles. The van der Waals surface area contributed by atoms with Crippen molar-refractivity contribution >= 4 is 17.1 Å². The van der Waals surface area contributed by atoms with E-state index in [1.165, 1.54) is 18.3 Å². The summed E-state index contributed by atoms with van der Waals surface area (Å²) in [5.74, 6) is 0.490. The Labute approximate surface area is 156 Å². The number of pyridine rings is 1. The minimum Gasteiger partial charge on any atom is -0.341 e. The van der Waals surface area contributed by atoms with Gasteiger partial charge in [0.15, 0.2) is 0 Å². The van der Waals surface area contributed by atoms with Crippen LogP contribution in [0.3, 0.4) is 0 Å². The van der Waals surface area contributed by atoms with E-state index in [0.717, 1.165) is 36.2 Å². The van der Waals surface area contributed by atoms with Gasteiger partial charge in [0.05, 0.1) is 29.8 Å². The Morgan fingerprint density at radius 1 is 1.04 bits per heavy atom. The smallest absolute Gasteiger partial charge is 0.315 e. The van der Waals surface area contributed by atoms with Crippen molar-refractivity contribution in [2.24, 2.45) is 0 Å². The molecule has 0 aliphatic heterocycles. The van der Waals surface area contributed by atoms with Gasteiger partial charge in [-0.25, -0.2) is 14.2 Å². The maximum atomic E-state index is 13.4. The number of benzene rings is 1. The predicted molar refractivity (Wildman–Crippen MR) is 101 cm³/mol. The van der Waals surface area contributed by atoms with Crippen molar-refractivity contribution < 1.29 is 9.18 Å². The quantitative estimate of drug-likeness (QED) is 0.435. The van der Waals surface area contributed by atoms with E-state index in [1.54, 1.807) is 0 Å². The maximum Gasteiger partial charge on any atom is 0.315 e. The summed E-state index contributed by atoms with van der Waals surface area (Å²) in [6.45, 7) is 2.14. The van der Waals surface area contributed by atoms with E-state index in [-0.39, 0.29) is 18.3 Å². The van der Waals surface area contributed by atoms with E-state index in [0.29, 0.717) is 13.1 Å². The molecule has 3 rings (SSSR count). The number of aromatic nitrogens is 3. The van der Waals surface area contributed by atoms with Crippen LogP contribution in [0.5, 0.6) is 0 Å². The van der Waals surface area contributed by atoms with Gasteiger partial charge in [0, 0.05) is 12.7 Å². The molecule has 7 nitrogen and oxygen atoms in total. The van der Waals surface area contributed by atoms with E-state index in [4.69, 9.17) is 0 Å². The highest BCUT2D eigenvalue weighted by atomic mass is 19.1. The highest BCUT2D eigenvalue weighted by molar-refractivity contribution is 5.74. The van der Waals surface area contributed by atoms with Crippen LogP contribution in [0.25, 0.3) is 11.0 Å². The van der Waals surface area contributed by atoms with E-state index in [9.17, 15) is 9.18 Å². The van der Waals surface area contributed by atoms with Crippen LogP contribution in [0.15, 0.2) is 42.6 Å². The predicted octanol–water partition coefficient (Wildman–Crippen LogP) is 2.47. The molecule has 0 radical (unpaired) electrons. The van der Waals surface area contributed by atoms with Gasteiger partial charge in [-0.15, -0.1) is 0 Å². The number of urea groups is 1. The summed E-state index contributed by atoms with van der Waals surface area (Å²) in [6, 6.07) is 10.4. The maximum absolute atomic E-state index is 13.4. The molecule has 2 aromatic heterocycles. The Morgan fingerprint density at radius 2 is 1.89 bits per heavy atom. The van der Waals surface area contributed by atoms with Crippen molar-refractivity contribution in [3.8, 4) is 0 Å². The van der Waals surface area contributed by atoms with Crippen LogP contribution in [0.4, 0.5) is 9.18 Å². The zero-order valence-corrected chi connectivity index (χ0v) is 15.0. The Bertz CT molecular complexity index is 848. The minimum atomic E-state index is -0.423.